The van der Waals surface area contributed by atoms with E-state index in [1.165, 1.54) is 0 Å². The molecule has 2 aromatic rings. The number of nitrogens with one attached hydrogen (secondary N) is 1. The zero-order valence-corrected chi connectivity index (χ0v) is 19.3. The zero-order chi connectivity index (χ0) is 19.6. The summed E-state index contributed by atoms with van der Waals surface area (Å²) in [4.78, 5) is 18.4. The van der Waals surface area contributed by atoms with Crippen LogP contribution >= 0.6 is 24.0 Å². The number of rotatable bonds is 7. The van der Waals surface area contributed by atoms with Gasteiger partial charge in [0.05, 0.1) is 0 Å². The first-order chi connectivity index (χ1) is 13.8. The van der Waals surface area contributed by atoms with Crippen molar-refractivity contribution in [1.29, 1.82) is 0 Å². The second kappa shape index (κ2) is 12.5. The molecule has 0 atom stereocenters. The molecule has 1 fully saturated rings. The molecule has 0 aliphatic carbocycles. The van der Waals surface area contributed by atoms with Crippen molar-refractivity contribution < 1.29 is 4.74 Å². The van der Waals surface area contributed by atoms with E-state index in [1.807, 2.05) is 49.6 Å². The summed E-state index contributed by atoms with van der Waals surface area (Å²) in [5, 5.41) is 3.45. The lowest BCUT2D eigenvalue weighted by Gasteiger charge is -2.34. The van der Waals surface area contributed by atoms with Crippen LogP contribution in [0.15, 0.2) is 64.5 Å². The van der Waals surface area contributed by atoms with Crippen LogP contribution in [0, 0.1) is 0 Å². The number of benzene rings is 1. The van der Waals surface area contributed by atoms with E-state index in [0.29, 0.717) is 0 Å². The maximum atomic E-state index is 11.7. The Kier molecular flexibility index (Phi) is 10.0. The number of aryl methyl sites for hydroxylation is 1. The second-order valence-corrected chi connectivity index (χ2v) is 7.03. The third kappa shape index (κ3) is 7.38. The molecular weight excluding hydrogens is 479 g/mol. The number of ether oxygens (including phenoxy) is 1. The number of aromatic nitrogens is 1. The van der Waals surface area contributed by atoms with Crippen molar-refractivity contribution in [2.45, 2.75) is 38.3 Å². The minimum absolute atomic E-state index is 0. The van der Waals surface area contributed by atoms with Crippen LogP contribution < -0.4 is 15.6 Å². The van der Waals surface area contributed by atoms with Crippen LogP contribution in [0.3, 0.4) is 0 Å². The van der Waals surface area contributed by atoms with Gasteiger partial charge < -0.3 is 19.5 Å². The van der Waals surface area contributed by atoms with E-state index in [-0.39, 0.29) is 35.6 Å². The standard InChI is InChI=1S/C22H30N4O2.HI/c1-23-22(24-14-6-8-16-25-15-7-5-11-21(25)27)26-17-12-20(13-18-26)28-19-9-3-2-4-10-19;/h2-5,7,9-11,15,20H,6,8,12-14,16-18H2,1H3,(H,23,24);1H. The highest BCUT2D eigenvalue weighted by Crippen LogP contribution is 2.18. The molecule has 1 aromatic carbocycles. The molecular formula is C22H31IN4O2. The number of nitrogens with zero attached hydrogens (tertiary/aromatic N) is 3. The molecule has 1 aliphatic heterocycles. The summed E-state index contributed by atoms with van der Waals surface area (Å²) >= 11 is 0. The molecule has 158 valence electrons. The van der Waals surface area contributed by atoms with Gasteiger partial charge in [-0.25, -0.2) is 0 Å². The van der Waals surface area contributed by atoms with Gasteiger partial charge >= 0.3 is 0 Å². The molecule has 29 heavy (non-hydrogen) atoms. The largest absolute Gasteiger partial charge is 0.490 e. The van der Waals surface area contributed by atoms with Crippen molar-refractivity contribution in [3.8, 4) is 5.75 Å². The number of likely N-dealkylation sites (tertiary alicyclic amines) is 1. The van der Waals surface area contributed by atoms with E-state index in [1.54, 1.807) is 16.7 Å². The third-order valence-corrected chi connectivity index (χ3v) is 5.01. The van der Waals surface area contributed by atoms with Gasteiger partial charge in [-0.15, -0.1) is 24.0 Å². The van der Waals surface area contributed by atoms with Gasteiger partial charge in [0.25, 0.3) is 0 Å². The van der Waals surface area contributed by atoms with Crippen molar-refractivity contribution in [2.75, 3.05) is 26.7 Å². The SMILES string of the molecule is CN=C(NCCCCn1ccccc1=O)N1CCC(Oc2ccccc2)CC1.I. The van der Waals surface area contributed by atoms with Crippen LogP contribution in [0.4, 0.5) is 0 Å². The third-order valence-electron chi connectivity index (χ3n) is 5.01. The predicted octanol–water partition coefficient (Wildman–Crippen LogP) is 3.37. The summed E-state index contributed by atoms with van der Waals surface area (Å²) in [5.74, 6) is 1.90. The summed E-state index contributed by atoms with van der Waals surface area (Å²) in [6.45, 7) is 3.49. The highest BCUT2D eigenvalue weighted by molar-refractivity contribution is 14.0. The van der Waals surface area contributed by atoms with Crippen LogP contribution in [0.25, 0.3) is 0 Å². The number of guanidine groups is 1. The van der Waals surface area contributed by atoms with Gasteiger partial charge in [-0.1, -0.05) is 24.3 Å². The van der Waals surface area contributed by atoms with Gasteiger partial charge in [0, 0.05) is 58.3 Å². The predicted molar refractivity (Wildman–Crippen MR) is 128 cm³/mol. The molecule has 3 rings (SSSR count). The summed E-state index contributed by atoms with van der Waals surface area (Å²) in [6, 6.07) is 15.3. The van der Waals surface area contributed by atoms with Crippen LogP contribution in [0.1, 0.15) is 25.7 Å². The Labute approximate surface area is 190 Å². The van der Waals surface area contributed by atoms with Crippen molar-refractivity contribution in [3.63, 3.8) is 0 Å². The Morgan fingerprint density at radius 3 is 2.52 bits per heavy atom. The Morgan fingerprint density at radius 1 is 1.10 bits per heavy atom. The highest BCUT2D eigenvalue weighted by Gasteiger charge is 2.22. The Bertz CT molecular complexity index is 802. The minimum Gasteiger partial charge on any atom is -0.490 e. The summed E-state index contributed by atoms with van der Waals surface area (Å²) in [6.07, 6.45) is 6.05. The molecule has 0 unspecified atom stereocenters. The maximum absolute atomic E-state index is 11.7. The summed E-state index contributed by atoms with van der Waals surface area (Å²) in [7, 11) is 1.83. The lowest BCUT2D eigenvalue weighted by Crippen LogP contribution is -2.47. The monoisotopic (exact) mass is 510 g/mol. The smallest absolute Gasteiger partial charge is 0.250 e. The average Bonchev–Trinajstić information content (AvgIpc) is 2.73. The van der Waals surface area contributed by atoms with Crippen LogP contribution in [-0.2, 0) is 6.54 Å². The van der Waals surface area contributed by atoms with Gasteiger partial charge in [-0.05, 0) is 31.0 Å². The van der Waals surface area contributed by atoms with Crippen molar-refractivity contribution in [3.05, 3.63) is 65.1 Å². The number of unbranched alkanes of at least 4 members (excludes halogenated alkanes) is 1. The fourth-order valence-corrected chi connectivity index (χ4v) is 3.46. The molecule has 1 aromatic heterocycles. The lowest BCUT2D eigenvalue weighted by molar-refractivity contribution is 0.129. The van der Waals surface area contributed by atoms with Gasteiger partial charge in [0.1, 0.15) is 11.9 Å². The maximum Gasteiger partial charge on any atom is 0.250 e. The van der Waals surface area contributed by atoms with E-state index < -0.39 is 0 Å². The summed E-state index contributed by atoms with van der Waals surface area (Å²) < 4.78 is 7.82. The Hall–Kier alpha value is -2.03. The first-order valence-electron chi connectivity index (χ1n) is 10.1. The molecule has 1 saturated heterocycles. The van der Waals surface area contributed by atoms with Crippen molar-refractivity contribution in [1.82, 2.24) is 14.8 Å². The van der Waals surface area contributed by atoms with Crippen molar-refractivity contribution in [2.24, 2.45) is 4.99 Å². The molecule has 0 radical (unpaired) electrons. The molecule has 0 spiro atoms. The van der Waals surface area contributed by atoms with Crippen LogP contribution in [0.2, 0.25) is 0 Å². The molecule has 1 N–H and O–H groups in total. The number of para-hydroxylation sites is 1. The minimum atomic E-state index is 0. The first-order valence-corrected chi connectivity index (χ1v) is 10.1. The molecule has 0 saturated carbocycles. The average molecular weight is 510 g/mol. The molecule has 2 heterocycles. The molecule has 6 nitrogen and oxygen atoms in total. The van der Waals surface area contributed by atoms with Crippen LogP contribution in [-0.4, -0.2) is 48.2 Å². The first kappa shape index (κ1) is 23.3. The van der Waals surface area contributed by atoms with E-state index in [4.69, 9.17) is 4.74 Å². The normalized spacial score (nSPS) is 14.9. The number of pyridine rings is 1. The number of aliphatic imine (C=N–C) groups is 1. The van der Waals surface area contributed by atoms with Crippen molar-refractivity contribution >= 4 is 29.9 Å². The molecule has 7 heteroatoms. The highest BCUT2D eigenvalue weighted by atomic mass is 127. The van der Waals surface area contributed by atoms with Gasteiger partial charge in [-0.2, -0.15) is 0 Å². The van der Waals surface area contributed by atoms with E-state index >= 15 is 0 Å². The van der Waals surface area contributed by atoms with E-state index in [9.17, 15) is 4.79 Å². The van der Waals surface area contributed by atoms with Gasteiger partial charge in [-0.3, -0.25) is 9.79 Å². The zero-order valence-electron chi connectivity index (χ0n) is 17.0. The topological polar surface area (TPSA) is 58.9 Å². The fraction of sp³-hybridized carbons (Fsp3) is 0.455. The number of halogens is 1. The molecule has 1 aliphatic rings. The number of piperidine rings is 1. The molecule has 0 bridgehead atoms. The van der Waals surface area contributed by atoms with E-state index in [2.05, 4.69) is 15.2 Å². The quantitative estimate of drug-likeness (QED) is 0.269. The summed E-state index contributed by atoms with van der Waals surface area (Å²) in [5.41, 5.74) is 0.0619. The second-order valence-electron chi connectivity index (χ2n) is 7.03. The Morgan fingerprint density at radius 2 is 1.83 bits per heavy atom. The van der Waals surface area contributed by atoms with E-state index in [0.717, 1.165) is 63.6 Å². The molecule has 0 amide bonds. The van der Waals surface area contributed by atoms with Gasteiger partial charge in [0.15, 0.2) is 5.96 Å². The Balaban J connectivity index is 0.00000300. The fourth-order valence-electron chi connectivity index (χ4n) is 3.46. The number of hydrogen-bond acceptors (Lipinski definition) is 3. The van der Waals surface area contributed by atoms with Gasteiger partial charge in [0.2, 0.25) is 5.56 Å². The number of hydrogen-bond donors (Lipinski definition) is 1. The lowest BCUT2D eigenvalue weighted by atomic mass is 10.1. The van der Waals surface area contributed by atoms with Crippen LogP contribution in [0.5, 0.6) is 5.75 Å².